The van der Waals surface area contributed by atoms with Crippen LogP contribution < -0.4 is 15.5 Å². The first-order chi connectivity index (χ1) is 12.2. The van der Waals surface area contributed by atoms with Gasteiger partial charge >= 0.3 is 11.8 Å². The van der Waals surface area contributed by atoms with E-state index in [-0.39, 0.29) is 0 Å². The Morgan fingerprint density at radius 1 is 1.32 bits per heavy atom. The van der Waals surface area contributed by atoms with Gasteiger partial charge in [-0.05, 0) is 30.7 Å². The van der Waals surface area contributed by atoms with Crippen LogP contribution in [0.4, 0.5) is 0 Å². The highest BCUT2D eigenvalue weighted by Gasteiger charge is 2.13. The molecule has 2 N–H and O–H groups in total. The molecular weight excluding hydrogens is 324 g/mol. The molecule has 136 valence electrons. The zero-order valence-electron chi connectivity index (χ0n) is 14.4. The fourth-order valence-corrected chi connectivity index (χ4v) is 2.35. The molecule has 1 aliphatic heterocycles. The summed E-state index contributed by atoms with van der Waals surface area (Å²) >= 11 is 0. The lowest BCUT2D eigenvalue weighted by atomic mass is 10.2. The number of ether oxygens (including phenoxy) is 2. The number of carbonyl (C=O) groups excluding carboxylic acids is 2. The van der Waals surface area contributed by atoms with Gasteiger partial charge in [-0.1, -0.05) is 12.1 Å². The molecule has 0 unspecified atom stereocenters. The summed E-state index contributed by atoms with van der Waals surface area (Å²) in [5.41, 5.74) is 2.96. The molecule has 8 heteroatoms. The largest absolute Gasteiger partial charge is 0.497 e. The topological polar surface area (TPSA) is 92.3 Å². The Hall–Kier alpha value is -2.45. The van der Waals surface area contributed by atoms with Crippen molar-refractivity contribution >= 4 is 18.0 Å². The van der Waals surface area contributed by atoms with Crippen molar-refractivity contribution in [2.75, 3.05) is 46.5 Å². The minimum atomic E-state index is -0.787. The van der Waals surface area contributed by atoms with Gasteiger partial charge in [-0.2, -0.15) is 5.10 Å². The van der Waals surface area contributed by atoms with Crippen molar-refractivity contribution < 1.29 is 19.1 Å². The van der Waals surface area contributed by atoms with E-state index >= 15 is 0 Å². The van der Waals surface area contributed by atoms with Crippen LogP contribution in [0.15, 0.2) is 29.4 Å². The number of rotatable bonds is 7. The van der Waals surface area contributed by atoms with E-state index in [0.29, 0.717) is 12.3 Å². The molecule has 25 heavy (non-hydrogen) atoms. The van der Waals surface area contributed by atoms with Crippen LogP contribution in [0.5, 0.6) is 5.75 Å². The Bertz CT molecular complexity index is 600. The Labute approximate surface area is 147 Å². The third-order valence-corrected chi connectivity index (χ3v) is 3.72. The highest BCUT2D eigenvalue weighted by Crippen LogP contribution is 2.10. The predicted molar refractivity (Wildman–Crippen MR) is 93.6 cm³/mol. The van der Waals surface area contributed by atoms with Gasteiger partial charge in [0.05, 0.1) is 26.5 Å². The first kappa shape index (κ1) is 18.9. The second-order valence-electron chi connectivity index (χ2n) is 5.54. The molecule has 8 nitrogen and oxygen atoms in total. The van der Waals surface area contributed by atoms with Gasteiger partial charge in [-0.15, -0.1) is 0 Å². The number of methoxy groups -OCH3 is 1. The molecule has 1 aromatic rings. The molecule has 1 aromatic carbocycles. The average Bonchev–Trinajstić information content (AvgIpc) is 2.66. The summed E-state index contributed by atoms with van der Waals surface area (Å²) in [6.07, 6.45) is 2.23. The lowest BCUT2D eigenvalue weighted by molar-refractivity contribution is -0.139. The Morgan fingerprint density at radius 2 is 2.12 bits per heavy atom. The monoisotopic (exact) mass is 348 g/mol. The number of nitrogens with zero attached hydrogens (tertiary/aromatic N) is 2. The highest BCUT2D eigenvalue weighted by atomic mass is 16.5. The van der Waals surface area contributed by atoms with E-state index in [1.54, 1.807) is 19.2 Å². The van der Waals surface area contributed by atoms with Crippen LogP contribution in [0.1, 0.15) is 12.0 Å². The fourth-order valence-electron chi connectivity index (χ4n) is 2.35. The van der Waals surface area contributed by atoms with E-state index in [4.69, 9.17) is 9.47 Å². The molecule has 1 aliphatic rings. The summed E-state index contributed by atoms with van der Waals surface area (Å²) < 4.78 is 10.4. The highest BCUT2D eigenvalue weighted by molar-refractivity contribution is 6.35. The van der Waals surface area contributed by atoms with Crippen molar-refractivity contribution in [2.45, 2.75) is 6.42 Å². The molecule has 0 aromatic heterocycles. The molecule has 0 atom stereocenters. The summed E-state index contributed by atoms with van der Waals surface area (Å²) in [7, 11) is 1.57. The SMILES string of the molecule is COc1cccc(/C=N\NC(=O)C(=O)NCCCN2CCOCC2)c1. The number of hydrogen-bond acceptors (Lipinski definition) is 6. The van der Waals surface area contributed by atoms with E-state index in [1.165, 1.54) is 6.21 Å². The minimum Gasteiger partial charge on any atom is -0.497 e. The predicted octanol–water partition coefficient (Wildman–Crippen LogP) is -0.0162. The molecule has 2 amide bonds. The van der Waals surface area contributed by atoms with Crippen LogP contribution in [-0.4, -0.2) is 69.4 Å². The number of hydrazone groups is 1. The van der Waals surface area contributed by atoms with Crippen LogP contribution >= 0.6 is 0 Å². The van der Waals surface area contributed by atoms with Crippen molar-refractivity contribution in [3.8, 4) is 5.75 Å². The summed E-state index contributed by atoms with van der Waals surface area (Å²) in [5.74, 6) is -0.788. The second kappa shape index (κ2) is 10.4. The zero-order valence-corrected chi connectivity index (χ0v) is 14.4. The molecule has 1 saturated heterocycles. The van der Waals surface area contributed by atoms with E-state index < -0.39 is 11.8 Å². The normalized spacial score (nSPS) is 15.1. The van der Waals surface area contributed by atoms with E-state index in [1.807, 2.05) is 12.1 Å². The molecule has 0 radical (unpaired) electrons. The quantitative estimate of drug-likeness (QED) is 0.313. The molecule has 1 heterocycles. The number of benzene rings is 1. The van der Waals surface area contributed by atoms with Crippen molar-refractivity contribution in [1.29, 1.82) is 0 Å². The fraction of sp³-hybridized carbons (Fsp3) is 0.471. The number of carbonyl (C=O) groups is 2. The van der Waals surface area contributed by atoms with Gasteiger partial charge in [0.2, 0.25) is 0 Å². The van der Waals surface area contributed by atoms with Crippen LogP contribution in [0.2, 0.25) is 0 Å². The van der Waals surface area contributed by atoms with Gasteiger partial charge in [0.15, 0.2) is 0 Å². The standard InChI is InChI=1S/C17H24N4O4/c1-24-15-5-2-4-14(12-15)13-19-20-17(23)16(22)18-6-3-7-21-8-10-25-11-9-21/h2,4-5,12-13H,3,6-11H2,1H3,(H,18,22)(H,20,23)/b19-13-. The third kappa shape index (κ3) is 6.90. The Balaban J connectivity index is 1.64. The first-order valence-electron chi connectivity index (χ1n) is 8.24. The first-order valence-corrected chi connectivity index (χ1v) is 8.24. The van der Waals surface area contributed by atoms with E-state index in [9.17, 15) is 9.59 Å². The average molecular weight is 348 g/mol. The van der Waals surface area contributed by atoms with Crippen LogP contribution in [0.25, 0.3) is 0 Å². The molecule has 0 aliphatic carbocycles. The van der Waals surface area contributed by atoms with Gasteiger partial charge in [-0.25, -0.2) is 5.43 Å². The van der Waals surface area contributed by atoms with Crippen molar-refractivity contribution in [3.05, 3.63) is 29.8 Å². The smallest absolute Gasteiger partial charge is 0.329 e. The number of hydrogen-bond donors (Lipinski definition) is 2. The van der Waals surface area contributed by atoms with E-state index in [0.717, 1.165) is 44.8 Å². The van der Waals surface area contributed by atoms with Crippen LogP contribution in [0.3, 0.4) is 0 Å². The maximum Gasteiger partial charge on any atom is 0.329 e. The van der Waals surface area contributed by atoms with Crippen LogP contribution in [0, 0.1) is 0 Å². The Kier molecular flexibility index (Phi) is 7.87. The summed E-state index contributed by atoms with van der Waals surface area (Å²) in [6.45, 7) is 4.64. The van der Waals surface area contributed by atoms with Gasteiger partial charge in [-0.3, -0.25) is 14.5 Å². The Morgan fingerprint density at radius 3 is 2.88 bits per heavy atom. The molecule has 2 rings (SSSR count). The number of morpholine rings is 1. The zero-order chi connectivity index (χ0) is 17.9. The maximum atomic E-state index is 11.7. The lowest BCUT2D eigenvalue weighted by Crippen LogP contribution is -2.40. The third-order valence-electron chi connectivity index (χ3n) is 3.72. The van der Waals surface area contributed by atoms with Crippen molar-refractivity contribution in [2.24, 2.45) is 5.10 Å². The van der Waals surface area contributed by atoms with Crippen molar-refractivity contribution in [3.63, 3.8) is 0 Å². The van der Waals surface area contributed by atoms with Gasteiger partial charge in [0.1, 0.15) is 5.75 Å². The molecule has 0 bridgehead atoms. The maximum absolute atomic E-state index is 11.7. The van der Waals surface area contributed by atoms with Gasteiger partial charge in [0, 0.05) is 19.6 Å². The molecular formula is C17H24N4O4. The van der Waals surface area contributed by atoms with Gasteiger partial charge in [0.25, 0.3) is 0 Å². The lowest BCUT2D eigenvalue weighted by Gasteiger charge is -2.26. The van der Waals surface area contributed by atoms with Gasteiger partial charge < -0.3 is 14.8 Å². The molecule has 0 saturated carbocycles. The number of nitrogens with one attached hydrogen (secondary N) is 2. The molecule has 1 fully saturated rings. The summed E-state index contributed by atoms with van der Waals surface area (Å²) in [5, 5.41) is 6.36. The minimum absolute atomic E-state index is 0.448. The summed E-state index contributed by atoms with van der Waals surface area (Å²) in [6, 6.07) is 7.19. The van der Waals surface area contributed by atoms with Crippen LogP contribution in [-0.2, 0) is 14.3 Å². The van der Waals surface area contributed by atoms with Crippen molar-refractivity contribution in [1.82, 2.24) is 15.6 Å². The molecule has 0 spiro atoms. The second-order valence-corrected chi connectivity index (χ2v) is 5.54. The number of amides is 2. The summed E-state index contributed by atoms with van der Waals surface area (Å²) in [4.78, 5) is 25.6. The van der Waals surface area contributed by atoms with E-state index in [2.05, 4.69) is 20.7 Å².